The number of halogens is 5. The smallest absolute Gasteiger partial charge is 0.453 e. The van der Waals surface area contributed by atoms with E-state index in [1.54, 1.807) is 6.92 Å². The first-order valence-electron chi connectivity index (χ1n) is 16.4. The molecule has 1 aromatic carbocycles. The van der Waals surface area contributed by atoms with Gasteiger partial charge < -0.3 is 28.4 Å². The predicted octanol–water partition coefficient (Wildman–Crippen LogP) is 9.11. The van der Waals surface area contributed by atoms with Gasteiger partial charge in [0.1, 0.15) is 18.5 Å². The number of hydrogen-bond acceptors (Lipinski definition) is 8. The summed E-state index contributed by atoms with van der Waals surface area (Å²) in [4.78, 5) is 12.7. The van der Waals surface area contributed by atoms with Crippen molar-refractivity contribution in [3.05, 3.63) is 53.0 Å². The topological polar surface area (TPSA) is 72.5 Å². The van der Waals surface area contributed by atoms with Crippen LogP contribution in [0.3, 0.4) is 0 Å². The number of esters is 1. The average Bonchev–Trinajstić information content (AvgIpc) is 3.04. The molecule has 13 heteroatoms. The molecular formula is C35H49F5O7S. The third-order valence-electron chi connectivity index (χ3n) is 8.86. The van der Waals surface area contributed by atoms with Gasteiger partial charge in [0.2, 0.25) is 0 Å². The Balaban J connectivity index is 1.99. The molecular weight excluding hydrogens is 659 g/mol. The van der Waals surface area contributed by atoms with Gasteiger partial charge in [-0.15, -0.1) is 0 Å². The molecule has 0 aromatic heterocycles. The fourth-order valence-electron chi connectivity index (χ4n) is 6.34. The van der Waals surface area contributed by atoms with Crippen LogP contribution in [0.15, 0.2) is 47.4 Å². The molecule has 0 spiro atoms. The van der Waals surface area contributed by atoms with Crippen molar-refractivity contribution >= 4 is 17.7 Å². The largest absolute Gasteiger partial charge is 0.468 e. The summed E-state index contributed by atoms with van der Waals surface area (Å²) in [5, 5.41) is -0.318. The highest BCUT2D eigenvalue weighted by Crippen LogP contribution is 2.53. The van der Waals surface area contributed by atoms with E-state index in [4.69, 9.17) is 28.4 Å². The Morgan fingerprint density at radius 2 is 1.73 bits per heavy atom. The number of benzene rings is 1. The minimum atomic E-state index is -5.60. The Bertz CT molecular complexity index is 1220. The monoisotopic (exact) mass is 708 g/mol. The highest BCUT2D eigenvalue weighted by Gasteiger charge is 2.56. The summed E-state index contributed by atoms with van der Waals surface area (Å²) in [6.07, 6.45) is -1.29. The van der Waals surface area contributed by atoms with Gasteiger partial charge in [0.25, 0.3) is 5.95 Å². The Labute approximate surface area is 284 Å². The molecule has 7 nitrogen and oxygen atoms in total. The van der Waals surface area contributed by atoms with Crippen LogP contribution >= 0.6 is 11.8 Å². The molecule has 1 aromatic rings. The molecule has 0 bridgehead atoms. The highest BCUT2D eigenvalue weighted by atomic mass is 32.2. The zero-order valence-corrected chi connectivity index (χ0v) is 29.3. The lowest BCUT2D eigenvalue weighted by Gasteiger charge is -2.48. The first-order chi connectivity index (χ1) is 22.8. The molecule has 0 fully saturated rings. The van der Waals surface area contributed by atoms with Crippen LogP contribution in [0.5, 0.6) is 5.75 Å². The van der Waals surface area contributed by atoms with E-state index in [-0.39, 0.29) is 49.5 Å². The van der Waals surface area contributed by atoms with Crippen LogP contribution in [-0.2, 0) is 33.9 Å². The van der Waals surface area contributed by atoms with Crippen LogP contribution in [0.25, 0.3) is 0 Å². The van der Waals surface area contributed by atoms with E-state index in [0.29, 0.717) is 43.8 Å². The molecule has 1 aliphatic carbocycles. The highest BCUT2D eigenvalue weighted by molar-refractivity contribution is 7.99. The molecule has 48 heavy (non-hydrogen) atoms. The van der Waals surface area contributed by atoms with Crippen molar-refractivity contribution in [2.75, 3.05) is 40.2 Å². The third-order valence-corrected chi connectivity index (χ3v) is 10.3. The Morgan fingerprint density at radius 3 is 2.38 bits per heavy atom. The molecule has 0 amide bonds. The molecule has 4 unspecified atom stereocenters. The van der Waals surface area contributed by atoms with Crippen LogP contribution in [0.1, 0.15) is 84.1 Å². The number of methoxy groups -OCH3 is 2. The Kier molecular flexibility index (Phi) is 15.4. The van der Waals surface area contributed by atoms with E-state index in [1.807, 2.05) is 37.3 Å². The zero-order valence-electron chi connectivity index (χ0n) is 28.5. The minimum absolute atomic E-state index is 0.00918. The van der Waals surface area contributed by atoms with Gasteiger partial charge in [0, 0.05) is 49.7 Å². The van der Waals surface area contributed by atoms with E-state index in [9.17, 15) is 26.7 Å². The number of carbonyl (C=O) groups excluding carboxylic acids is 1. The van der Waals surface area contributed by atoms with Gasteiger partial charge in [-0.25, -0.2) is 0 Å². The lowest BCUT2D eigenvalue weighted by Crippen LogP contribution is -2.45. The van der Waals surface area contributed by atoms with E-state index in [2.05, 4.69) is 6.92 Å². The second-order valence-corrected chi connectivity index (χ2v) is 13.9. The van der Waals surface area contributed by atoms with Crippen LogP contribution in [0.2, 0.25) is 0 Å². The number of alkyl halides is 5. The standard InChI is InChI=1S/C35H49F5O7S/c1-6-7-8-10-30(41)47-24(2)19-29(48-18-9-16-34(36,37)35(38,39)40)32-28-21-44-31(46-23-43-5)20-25(28)15-17-33(32,3)26-11-13-27(14-12-26)45-22-42-4/h11-14,20,24,29,32H,6-10,15-19,21-23H2,1-5H3. The van der Waals surface area contributed by atoms with Gasteiger partial charge in [-0.2, -0.15) is 33.7 Å². The molecule has 272 valence electrons. The number of unbranched alkanes of at least 4 members (excludes halogenated alkanes) is 2. The molecule has 4 atom stereocenters. The summed E-state index contributed by atoms with van der Waals surface area (Å²) in [5.41, 5.74) is 2.52. The second kappa shape index (κ2) is 18.5. The molecule has 1 heterocycles. The van der Waals surface area contributed by atoms with Crippen LogP contribution in [0.4, 0.5) is 22.0 Å². The molecule has 1 aliphatic heterocycles. The van der Waals surface area contributed by atoms with Crippen molar-refractivity contribution in [1.29, 1.82) is 0 Å². The summed E-state index contributed by atoms with van der Waals surface area (Å²) in [6.45, 7) is 6.29. The first kappa shape index (κ1) is 39.9. The average molecular weight is 709 g/mol. The molecule has 0 saturated heterocycles. The number of thioether (sulfide) groups is 1. The minimum Gasteiger partial charge on any atom is -0.468 e. The van der Waals surface area contributed by atoms with Crippen LogP contribution in [0, 0.1) is 5.92 Å². The summed E-state index contributed by atoms with van der Waals surface area (Å²) >= 11 is 1.34. The van der Waals surface area contributed by atoms with Crippen molar-refractivity contribution in [1.82, 2.24) is 0 Å². The third kappa shape index (κ3) is 11.0. The van der Waals surface area contributed by atoms with Gasteiger partial charge >= 0.3 is 18.1 Å². The van der Waals surface area contributed by atoms with Crippen molar-refractivity contribution in [3.8, 4) is 5.75 Å². The molecule has 2 aliphatic rings. The molecule has 0 saturated carbocycles. The van der Waals surface area contributed by atoms with Crippen LogP contribution in [-0.4, -0.2) is 69.6 Å². The van der Waals surface area contributed by atoms with Crippen molar-refractivity contribution in [2.45, 2.75) is 107 Å². The van der Waals surface area contributed by atoms with E-state index in [1.165, 1.54) is 26.0 Å². The van der Waals surface area contributed by atoms with Crippen molar-refractivity contribution < 1.29 is 55.2 Å². The molecule has 3 rings (SSSR count). The van der Waals surface area contributed by atoms with Crippen molar-refractivity contribution in [2.24, 2.45) is 5.92 Å². The maximum absolute atomic E-state index is 13.8. The number of carbonyl (C=O) groups is 1. The number of ether oxygens (including phenoxy) is 6. The fraction of sp³-hybridized carbons (Fsp3) is 0.686. The first-order valence-corrected chi connectivity index (χ1v) is 17.5. The van der Waals surface area contributed by atoms with Crippen molar-refractivity contribution in [3.63, 3.8) is 0 Å². The maximum atomic E-state index is 13.8. The zero-order chi connectivity index (χ0) is 35.4. The fourth-order valence-corrected chi connectivity index (χ4v) is 8.02. The molecule has 0 radical (unpaired) electrons. The lowest BCUT2D eigenvalue weighted by atomic mass is 9.60. The van der Waals surface area contributed by atoms with Gasteiger partial charge in [0.05, 0.1) is 0 Å². The lowest BCUT2D eigenvalue weighted by molar-refractivity contribution is -0.284. The van der Waals surface area contributed by atoms with E-state index >= 15 is 0 Å². The predicted molar refractivity (Wildman–Crippen MR) is 174 cm³/mol. The summed E-state index contributed by atoms with van der Waals surface area (Å²) < 4.78 is 99.5. The van der Waals surface area contributed by atoms with Gasteiger partial charge in [-0.1, -0.05) is 38.8 Å². The van der Waals surface area contributed by atoms with E-state index < -0.39 is 30.0 Å². The maximum Gasteiger partial charge on any atom is 0.453 e. The van der Waals surface area contributed by atoms with Crippen LogP contribution < -0.4 is 4.74 Å². The summed E-state index contributed by atoms with van der Waals surface area (Å²) in [6, 6.07) is 7.69. The Morgan fingerprint density at radius 1 is 1.04 bits per heavy atom. The SMILES string of the molecule is CCCCCC(=O)OC(C)CC(SCCCC(F)(F)C(F)(F)F)C1C2=C(C=C(OCOC)OC2)CCC1(C)c1ccc(OCOC)cc1. The Hall–Kier alpha value is -2.51. The quantitative estimate of drug-likeness (QED) is 0.0575. The number of allylic oxidation sites excluding steroid dienone is 2. The van der Waals surface area contributed by atoms with Gasteiger partial charge in [-0.3, -0.25) is 4.79 Å². The summed E-state index contributed by atoms with van der Waals surface area (Å²) in [5.74, 6) is -4.32. The molecule has 0 N–H and O–H groups in total. The van der Waals surface area contributed by atoms with E-state index in [0.717, 1.165) is 29.6 Å². The number of hydrogen-bond donors (Lipinski definition) is 0. The normalized spacial score (nSPS) is 21.1. The van der Waals surface area contributed by atoms with Gasteiger partial charge in [0.15, 0.2) is 13.6 Å². The number of rotatable bonds is 20. The second-order valence-electron chi connectivity index (χ2n) is 12.5. The van der Waals surface area contributed by atoms with Gasteiger partial charge in [-0.05, 0) is 73.6 Å². The summed E-state index contributed by atoms with van der Waals surface area (Å²) in [7, 11) is 3.04.